The highest BCUT2D eigenvalue weighted by Crippen LogP contribution is 2.46. The molecule has 5 fully saturated rings. The first-order valence-corrected chi connectivity index (χ1v) is 14.0. The minimum atomic E-state index is -1.18. The Balaban J connectivity index is 1.17. The van der Waals surface area contributed by atoms with Crippen LogP contribution in [-0.2, 0) is 28.8 Å². The average molecular weight is 533 g/mol. The zero-order chi connectivity index (χ0) is 26.2. The van der Waals surface area contributed by atoms with Crippen LogP contribution in [0.4, 0.5) is 4.79 Å². The van der Waals surface area contributed by atoms with Gasteiger partial charge in [-0.3, -0.25) is 9.69 Å². The van der Waals surface area contributed by atoms with Crippen LogP contribution < -0.4 is 10.1 Å². The highest BCUT2D eigenvalue weighted by Gasteiger charge is 2.46. The molecule has 3 atom stereocenters. The first kappa shape index (κ1) is 27.3. The molecule has 3 aliphatic heterocycles. The highest BCUT2D eigenvalue weighted by atomic mass is 17.2. The van der Waals surface area contributed by atoms with Gasteiger partial charge in [-0.05, 0) is 56.1 Å². The van der Waals surface area contributed by atoms with E-state index in [9.17, 15) is 9.59 Å². The number of benzene rings is 1. The van der Waals surface area contributed by atoms with Gasteiger partial charge in [-0.2, -0.15) is 0 Å². The molecule has 2 aliphatic carbocycles. The van der Waals surface area contributed by atoms with Crippen molar-refractivity contribution in [2.24, 2.45) is 11.8 Å². The van der Waals surface area contributed by atoms with Crippen LogP contribution in [-0.4, -0.2) is 81.0 Å². The fourth-order valence-corrected chi connectivity index (χ4v) is 6.18. The number of amides is 1. The predicted molar refractivity (Wildman–Crippen MR) is 136 cm³/mol. The van der Waals surface area contributed by atoms with Crippen molar-refractivity contribution in [2.45, 2.75) is 69.4 Å². The summed E-state index contributed by atoms with van der Waals surface area (Å²) in [5.74, 6) is 0.292. The van der Waals surface area contributed by atoms with Gasteiger partial charge in [0.15, 0.2) is 0 Å². The van der Waals surface area contributed by atoms with Crippen LogP contribution in [0.2, 0.25) is 0 Å². The molecule has 3 heterocycles. The number of carbonyl (C=O) groups is 2. The number of hydrogen-bond acceptors (Lipinski definition) is 9. The largest absolute Gasteiger partial charge is 0.513 e. The summed E-state index contributed by atoms with van der Waals surface area (Å²) in [6.07, 6.45) is 5.07. The van der Waals surface area contributed by atoms with Gasteiger partial charge >= 0.3 is 6.16 Å². The van der Waals surface area contributed by atoms with Crippen molar-refractivity contribution in [3.8, 4) is 5.75 Å². The fourth-order valence-electron chi connectivity index (χ4n) is 6.18. The standard InChI is InChI=1S/C28H40N2O8/c31-26(29-9-10-30-11-14-33-15-12-30)6-7-28(8-13-34-27(32)35-23-4-2-1-3-5-23)36-24-17-21-16-22(18-24)20-25(19-21)37-38-28/h1-5,21-22,24-25H,6-20H2,(H,29,31). The molecule has 0 aromatic heterocycles. The van der Waals surface area contributed by atoms with E-state index in [1.807, 2.05) is 6.07 Å². The monoisotopic (exact) mass is 532 g/mol. The number of carbonyl (C=O) groups excluding carboxylic acids is 2. The Bertz CT molecular complexity index is 897. The summed E-state index contributed by atoms with van der Waals surface area (Å²) in [4.78, 5) is 39.3. The van der Waals surface area contributed by atoms with E-state index in [4.69, 9.17) is 28.7 Å². The van der Waals surface area contributed by atoms with E-state index in [1.54, 1.807) is 24.3 Å². The van der Waals surface area contributed by atoms with Crippen LogP contribution in [0.15, 0.2) is 30.3 Å². The lowest BCUT2D eigenvalue weighted by Crippen LogP contribution is -2.44. The molecule has 210 valence electrons. The Kier molecular flexibility index (Phi) is 9.50. The Labute approximate surface area is 224 Å². The van der Waals surface area contributed by atoms with Crippen LogP contribution in [0.5, 0.6) is 5.75 Å². The molecule has 2 saturated carbocycles. The summed E-state index contributed by atoms with van der Waals surface area (Å²) in [6, 6.07) is 8.77. The van der Waals surface area contributed by atoms with E-state index < -0.39 is 11.9 Å². The third-order valence-electron chi connectivity index (χ3n) is 8.00. The second-order valence-electron chi connectivity index (χ2n) is 10.9. The molecule has 10 nitrogen and oxygen atoms in total. The molecular weight excluding hydrogens is 492 g/mol. The van der Waals surface area contributed by atoms with E-state index in [1.165, 1.54) is 6.42 Å². The van der Waals surface area contributed by atoms with Gasteiger partial charge in [-0.15, -0.1) is 0 Å². The zero-order valence-electron chi connectivity index (χ0n) is 22.0. The Morgan fingerprint density at radius 3 is 2.47 bits per heavy atom. The molecule has 3 unspecified atom stereocenters. The lowest BCUT2D eigenvalue weighted by atomic mass is 9.70. The smallest absolute Gasteiger partial charge is 0.434 e. The van der Waals surface area contributed by atoms with Crippen molar-refractivity contribution in [1.82, 2.24) is 10.2 Å². The van der Waals surface area contributed by atoms with Gasteiger partial charge in [0.1, 0.15) is 12.4 Å². The number of ether oxygens (including phenoxy) is 4. The average Bonchev–Trinajstić information content (AvgIpc) is 2.99. The number of rotatable bonds is 10. The molecule has 6 rings (SSSR count). The molecule has 0 spiro atoms. The second-order valence-corrected chi connectivity index (χ2v) is 10.9. The second kappa shape index (κ2) is 13.2. The summed E-state index contributed by atoms with van der Waals surface area (Å²) >= 11 is 0. The van der Waals surface area contributed by atoms with Crippen molar-refractivity contribution in [3.63, 3.8) is 0 Å². The van der Waals surface area contributed by atoms with Crippen LogP contribution in [0.25, 0.3) is 0 Å². The normalized spacial score (nSPS) is 31.2. The Morgan fingerprint density at radius 1 is 0.974 bits per heavy atom. The van der Waals surface area contributed by atoms with Gasteiger partial charge in [0, 0.05) is 45.4 Å². The fraction of sp³-hybridized carbons (Fsp3) is 0.714. The van der Waals surface area contributed by atoms with Gasteiger partial charge in [-0.1, -0.05) is 18.2 Å². The van der Waals surface area contributed by atoms with Crippen molar-refractivity contribution >= 4 is 12.1 Å². The number of hydrogen-bond donors (Lipinski definition) is 1. The van der Waals surface area contributed by atoms with Crippen LogP contribution >= 0.6 is 0 Å². The summed E-state index contributed by atoms with van der Waals surface area (Å²) < 4.78 is 22.6. The number of morpholine rings is 1. The molecule has 38 heavy (non-hydrogen) atoms. The molecule has 3 saturated heterocycles. The molecule has 1 aromatic rings. The lowest BCUT2D eigenvalue weighted by molar-refractivity contribution is -0.451. The van der Waals surface area contributed by atoms with Gasteiger partial charge in [0.25, 0.3) is 0 Å². The summed E-state index contributed by atoms with van der Waals surface area (Å²) in [5, 5.41) is 3.01. The first-order valence-electron chi connectivity index (χ1n) is 14.0. The maximum absolute atomic E-state index is 12.8. The van der Waals surface area contributed by atoms with E-state index >= 15 is 0 Å². The third kappa shape index (κ3) is 7.89. The summed E-state index contributed by atoms with van der Waals surface area (Å²) in [5.41, 5.74) is 0. The van der Waals surface area contributed by atoms with Gasteiger partial charge in [0.2, 0.25) is 11.7 Å². The maximum Gasteiger partial charge on any atom is 0.513 e. The van der Waals surface area contributed by atoms with Crippen molar-refractivity contribution < 1.29 is 38.3 Å². The molecule has 10 heteroatoms. The van der Waals surface area contributed by atoms with Crippen molar-refractivity contribution in [3.05, 3.63) is 30.3 Å². The minimum absolute atomic E-state index is 0.0118. The van der Waals surface area contributed by atoms with Crippen LogP contribution in [0.1, 0.15) is 51.4 Å². The molecule has 4 bridgehead atoms. The molecule has 5 aliphatic rings. The topological polar surface area (TPSA) is 105 Å². The molecule has 1 aromatic carbocycles. The number of para-hydroxylation sites is 1. The maximum atomic E-state index is 12.8. The molecular formula is C28H40N2O8. The highest BCUT2D eigenvalue weighted by molar-refractivity contribution is 5.75. The zero-order valence-corrected chi connectivity index (χ0v) is 22.0. The van der Waals surface area contributed by atoms with E-state index in [0.29, 0.717) is 30.6 Å². The summed E-state index contributed by atoms with van der Waals surface area (Å²) in [7, 11) is 0. The number of nitrogens with zero attached hydrogens (tertiary/aromatic N) is 1. The summed E-state index contributed by atoms with van der Waals surface area (Å²) in [6.45, 7) is 4.61. The lowest BCUT2D eigenvalue weighted by Gasteiger charge is -2.40. The molecule has 1 amide bonds. The predicted octanol–water partition coefficient (Wildman–Crippen LogP) is 3.44. The number of fused-ring (bicyclic) bond motifs is 3. The Morgan fingerprint density at radius 2 is 1.71 bits per heavy atom. The van der Waals surface area contributed by atoms with E-state index in [0.717, 1.165) is 58.5 Å². The first-order chi connectivity index (χ1) is 18.6. The molecule has 0 radical (unpaired) electrons. The number of nitrogens with one attached hydrogen (secondary N) is 1. The van der Waals surface area contributed by atoms with E-state index in [-0.39, 0.29) is 37.6 Å². The van der Waals surface area contributed by atoms with E-state index in [2.05, 4.69) is 10.2 Å². The van der Waals surface area contributed by atoms with Gasteiger partial charge < -0.3 is 24.3 Å². The quantitative estimate of drug-likeness (QED) is 0.276. The minimum Gasteiger partial charge on any atom is -0.434 e. The Hall–Kier alpha value is -2.24. The molecule has 1 N–H and O–H groups in total. The van der Waals surface area contributed by atoms with Gasteiger partial charge in [-0.25, -0.2) is 14.6 Å². The van der Waals surface area contributed by atoms with Gasteiger partial charge in [0.05, 0.1) is 25.4 Å². The van der Waals surface area contributed by atoms with Crippen molar-refractivity contribution in [1.29, 1.82) is 0 Å². The van der Waals surface area contributed by atoms with Crippen LogP contribution in [0, 0.1) is 11.8 Å². The van der Waals surface area contributed by atoms with Crippen LogP contribution in [0.3, 0.4) is 0 Å². The third-order valence-corrected chi connectivity index (χ3v) is 8.00. The SMILES string of the molecule is O=C(CCC1(CCOC(=O)Oc2ccccc2)OOC2CC3CC(C2)CC(C3)O1)NCCN1CCOCC1. The van der Waals surface area contributed by atoms with Crippen molar-refractivity contribution in [2.75, 3.05) is 46.0 Å².